The first-order chi connectivity index (χ1) is 9.13. The van der Waals surface area contributed by atoms with Gasteiger partial charge in [0.2, 0.25) is 0 Å². The SMILES string of the molecule is CCn1ncnc1COc1cccc(C(=O)O)c1C. The van der Waals surface area contributed by atoms with Crippen LogP contribution in [0.15, 0.2) is 24.5 Å². The van der Waals surface area contributed by atoms with Crippen molar-refractivity contribution in [2.75, 3.05) is 0 Å². The molecule has 0 saturated heterocycles. The van der Waals surface area contributed by atoms with Crippen molar-refractivity contribution in [2.45, 2.75) is 27.0 Å². The maximum Gasteiger partial charge on any atom is 0.336 e. The molecular weight excluding hydrogens is 246 g/mol. The fourth-order valence-corrected chi connectivity index (χ4v) is 1.81. The molecule has 1 aromatic carbocycles. The van der Waals surface area contributed by atoms with E-state index in [1.54, 1.807) is 29.8 Å². The van der Waals surface area contributed by atoms with E-state index in [-0.39, 0.29) is 12.2 Å². The molecule has 0 amide bonds. The van der Waals surface area contributed by atoms with Crippen LogP contribution < -0.4 is 4.74 Å². The van der Waals surface area contributed by atoms with Gasteiger partial charge in [-0.25, -0.2) is 14.5 Å². The number of aromatic carboxylic acids is 1. The van der Waals surface area contributed by atoms with Gasteiger partial charge in [0, 0.05) is 12.1 Å². The zero-order valence-electron chi connectivity index (χ0n) is 10.8. The zero-order valence-corrected chi connectivity index (χ0v) is 10.8. The summed E-state index contributed by atoms with van der Waals surface area (Å²) in [5, 5.41) is 13.1. The second kappa shape index (κ2) is 5.51. The summed E-state index contributed by atoms with van der Waals surface area (Å²) in [5.74, 6) is 0.299. The number of benzene rings is 1. The molecule has 100 valence electrons. The third-order valence-corrected chi connectivity index (χ3v) is 2.87. The fourth-order valence-electron chi connectivity index (χ4n) is 1.81. The van der Waals surface area contributed by atoms with E-state index in [4.69, 9.17) is 9.84 Å². The van der Waals surface area contributed by atoms with Gasteiger partial charge in [-0.15, -0.1) is 0 Å². The highest BCUT2D eigenvalue weighted by molar-refractivity contribution is 5.90. The quantitative estimate of drug-likeness (QED) is 0.889. The van der Waals surface area contributed by atoms with Gasteiger partial charge in [0.25, 0.3) is 0 Å². The molecule has 1 N–H and O–H groups in total. The van der Waals surface area contributed by atoms with Gasteiger partial charge in [0.1, 0.15) is 18.7 Å². The lowest BCUT2D eigenvalue weighted by Gasteiger charge is -2.10. The Morgan fingerprint density at radius 1 is 1.47 bits per heavy atom. The molecule has 1 aromatic heterocycles. The number of aromatic nitrogens is 3. The number of carboxylic acid groups (broad SMARTS) is 1. The predicted octanol–water partition coefficient (Wildman–Crippen LogP) is 1.88. The number of hydrogen-bond donors (Lipinski definition) is 1. The molecule has 0 bridgehead atoms. The Balaban J connectivity index is 2.16. The number of rotatable bonds is 5. The highest BCUT2D eigenvalue weighted by Crippen LogP contribution is 2.22. The topological polar surface area (TPSA) is 77.2 Å². The van der Waals surface area contributed by atoms with Crippen LogP contribution in [0, 0.1) is 6.92 Å². The third-order valence-electron chi connectivity index (χ3n) is 2.87. The first-order valence-electron chi connectivity index (χ1n) is 5.96. The normalized spacial score (nSPS) is 10.4. The van der Waals surface area contributed by atoms with Crippen LogP contribution in [0.3, 0.4) is 0 Å². The van der Waals surface area contributed by atoms with Crippen molar-refractivity contribution in [3.63, 3.8) is 0 Å². The zero-order chi connectivity index (χ0) is 13.8. The maximum absolute atomic E-state index is 11.0. The molecule has 0 aliphatic carbocycles. The van der Waals surface area contributed by atoms with Gasteiger partial charge in [-0.2, -0.15) is 5.10 Å². The molecule has 0 fully saturated rings. The Kier molecular flexibility index (Phi) is 3.79. The van der Waals surface area contributed by atoms with Gasteiger partial charge < -0.3 is 9.84 Å². The Morgan fingerprint density at radius 2 is 2.26 bits per heavy atom. The fraction of sp³-hybridized carbons (Fsp3) is 0.308. The van der Waals surface area contributed by atoms with Crippen molar-refractivity contribution in [1.29, 1.82) is 0 Å². The van der Waals surface area contributed by atoms with E-state index >= 15 is 0 Å². The lowest BCUT2D eigenvalue weighted by Crippen LogP contribution is -2.08. The van der Waals surface area contributed by atoms with Gasteiger partial charge >= 0.3 is 5.97 Å². The lowest BCUT2D eigenvalue weighted by atomic mass is 10.1. The summed E-state index contributed by atoms with van der Waals surface area (Å²) in [7, 11) is 0. The van der Waals surface area contributed by atoms with Crippen molar-refractivity contribution >= 4 is 5.97 Å². The third kappa shape index (κ3) is 2.73. The molecule has 0 spiro atoms. The molecule has 2 aromatic rings. The van der Waals surface area contributed by atoms with Crippen LogP contribution >= 0.6 is 0 Å². The van der Waals surface area contributed by atoms with Crippen molar-refractivity contribution < 1.29 is 14.6 Å². The second-order valence-electron chi connectivity index (χ2n) is 4.01. The molecule has 19 heavy (non-hydrogen) atoms. The predicted molar refractivity (Wildman–Crippen MR) is 68.2 cm³/mol. The maximum atomic E-state index is 11.0. The molecule has 2 rings (SSSR count). The second-order valence-corrected chi connectivity index (χ2v) is 4.01. The Hall–Kier alpha value is -2.37. The van der Waals surface area contributed by atoms with Crippen molar-refractivity contribution in [3.8, 4) is 5.75 Å². The number of ether oxygens (including phenoxy) is 1. The van der Waals surface area contributed by atoms with Gasteiger partial charge in [-0.3, -0.25) is 0 Å². The van der Waals surface area contributed by atoms with Gasteiger partial charge in [0.05, 0.1) is 5.56 Å². The summed E-state index contributed by atoms with van der Waals surface area (Å²) in [6.45, 7) is 4.67. The standard InChI is InChI=1S/C13H15N3O3/c1-3-16-12(14-8-15-16)7-19-11-6-4-5-10(9(11)2)13(17)18/h4-6,8H,3,7H2,1-2H3,(H,17,18). The average molecular weight is 261 g/mol. The first kappa shape index (κ1) is 13.1. The minimum atomic E-state index is -0.959. The molecule has 0 atom stereocenters. The van der Waals surface area contributed by atoms with E-state index in [9.17, 15) is 4.79 Å². The van der Waals surface area contributed by atoms with Crippen LogP contribution in [0.4, 0.5) is 0 Å². The van der Waals surface area contributed by atoms with Gasteiger partial charge in [0.15, 0.2) is 5.82 Å². The van der Waals surface area contributed by atoms with Crippen LogP contribution in [0.1, 0.15) is 28.7 Å². The van der Waals surface area contributed by atoms with Crippen molar-refractivity contribution in [1.82, 2.24) is 14.8 Å². The molecule has 6 heteroatoms. The molecule has 0 unspecified atom stereocenters. The minimum absolute atomic E-state index is 0.245. The summed E-state index contributed by atoms with van der Waals surface area (Å²) in [6.07, 6.45) is 1.47. The summed E-state index contributed by atoms with van der Waals surface area (Å²) in [6, 6.07) is 4.96. The van der Waals surface area contributed by atoms with E-state index < -0.39 is 5.97 Å². The van der Waals surface area contributed by atoms with Crippen LogP contribution in [0.5, 0.6) is 5.75 Å². The highest BCUT2D eigenvalue weighted by atomic mass is 16.5. The minimum Gasteiger partial charge on any atom is -0.485 e. The smallest absolute Gasteiger partial charge is 0.336 e. The number of nitrogens with zero attached hydrogens (tertiary/aromatic N) is 3. The number of hydrogen-bond acceptors (Lipinski definition) is 4. The Bertz CT molecular complexity index is 593. The van der Waals surface area contributed by atoms with E-state index in [1.807, 2.05) is 6.92 Å². The lowest BCUT2D eigenvalue weighted by molar-refractivity contribution is 0.0695. The van der Waals surface area contributed by atoms with Gasteiger partial charge in [-0.05, 0) is 26.0 Å². The summed E-state index contributed by atoms with van der Waals surface area (Å²) >= 11 is 0. The molecular formula is C13H15N3O3. The summed E-state index contributed by atoms with van der Waals surface area (Å²) in [4.78, 5) is 15.1. The molecule has 6 nitrogen and oxygen atoms in total. The molecule has 0 aliphatic heterocycles. The van der Waals surface area contributed by atoms with E-state index in [1.165, 1.54) is 6.33 Å². The number of carbonyl (C=O) groups is 1. The van der Waals surface area contributed by atoms with E-state index in [2.05, 4.69) is 10.1 Å². The molecule has 0 aliphatic rings. The first-order valence-corrected chi connectivity index (χ1v) is 5.96. The van der Waals surface area contributed by atoms with Crippen molar-refractivity contribution in [2.24, 2.45) is 0 Å². The van der Waals surface area contributed by atoms with Crippen molar-refractivity contribution in [3.05, 3.63) is 41.5 Å². The van der Waals surface area contributed by atoms with Crippen LogP contribution in [-0.4, -0.2) is 25.8 Å². The van der Waals surface area contributed by atoms with Crippen LogP contribution in [0.2, 0.25) is 0 Å². The Labute approximate surface area is 110 Å². The molecule has 0 saturated carbocycles. The average Bonchev–Trinajstić information content (AvgIpc) is 2.84. The van der Waals surface area contributed by atoms with E-state index in [0.717, 1.165) is 0 Å². The number of aryl methyl sites for hydroxylation is 1. The monoisotopic (exact) mass is 261 g/mol. The number of carboxylic acids is 1. The van der Waals surface area contributed by atoms with Crippen LogP contribution in [-0.2, 0) is 13.2 Å². The van der Waals surface area contributed by atoms with Crippen LogP contribution in [0.25, 0.3) is 0 Å². The summed E-state index contributed by atoms with van der Waals surface area (Å²) < 4.78 is 7.36. The van der Waals surface area contributed by atoms with E-state index in [0.29, 0.717) is 23.7 Å². The Morgan fingerprint density at radius 3 is 2.95 bits per heavy atom. The highest BCUT2D eigenvalue weighted by Gasteiger charge is 2.11. The summed E-state index contributed by atoms with van der Waals surface area (Å²) in [5.41, 5.74) is 0.854. The van der Waals surface area contributed by atoms with Gasteiger partial charge in [-0.1, -0.05) is 6.07 Å². The largest absolute Gasteiger partial charge is 0.485 e. The molecule has 0 radical (unpaired) electrons. The molecule has 1 heterocycles.